The molecule has 0 atom stereocenters. The normalized spacial score (nSPS) is 14.0. The Morgan fingerprint density at radius 1 is 0.676 bits per heavy atom. The summed E-state index contributed by atoms with van der Waals surface area (Å²) in [6.45, 7) is 6.90. The number of anilines is 2. The van der Waals surface area contributed by atoms with Crippen molar-refractivity contribution >= 4 is 53.7 Å². The fourth-order valence-electron chi connectivity index (χ4n) is 5.85. The average molecular weight is 456 g/mol. The number of aryl methyl sites for hydroxylation is 1. The van der Waals surface area contributed by atoms with Gasteiger partial charge in [-0.15, -0.1) is 11.3 Å². The highest BCUT2D eigenvalue weighted by Gasteiger charge is 2.35. The lowest BCUT2D eigenvalue weighted by molar-refractivity contribution is 0.660. The van der Waals surface area contributed by atoms with Crippen LogP contribution in [0.4, 0.5) is 11.4 Å². The number of hydrogen-bond donors (Lipinski definition) is 1. The Morgan fingerprint density at radius 2 is 1.44 bits per heavy atom. The van der Waals surface area contributed by atoms with Crippen molar-refractivity contribution < 1.29 is 0 Å². The third kappa shape index (κ3) is 2.66. The van der Waals surface area contributed by atoms with Gasteiger partial charge < -0.3 is 5.32 Å². The molecule has 6 aromatic rings. The van der Waals surface area contributed by atoms with Crippen molar-refractivity contribution in [3.8, 4) is 11.1 Å². The Labute approximate surface area is 203 Å². The number of rotatable bonds is 2. The minimum Gasteiger partial charge on any atom is -0.354 e. The molecule has 7 rings (SSSR count). The Balaban J connectivity index is 1.39. The maximum absolute atomic E-state index is 3.78. The van der Waals surface area contributed by atoms with E-state index >= 15 is 0 Å². The minimum absolute atomic E-state index is 0.00324. The van der Waals surface area contributed by atoms with E-state index in [2.05, 4.69) is 117 Å². The predicted octanol–water partition coefficient (Wildman–Crippen LogP) is 9.57. The van der Waals surface area contributed by atoms with E-state index in [0.29, 0.717) is 0 Å². The van der Waals surface area contributed by atoms with Gasteiger partial charge in [0.2, 0.25) is 0 Å². The molecule has 1 aromatic heterocycles. The molecule has 164 valence electrons. The summed E-state index contributed by atoms with van der Waals surface area (Å²) in [7, 11) is 0. The van der Waals surface area contributed by atoms with Gasteiger partial charge >= 0.3 is 0 Å². The number of hydrogen-bond acceptors (Lipinski definition) is 2. The van der Waals surface area contributed by atoms with E-state index in [1.165, 1.54) is 64.4 Å². The molecule has 34 heavy (non-hydrogen) atoms. The van der Waals surface area contributed by atoms with Crippen LogP contribution < -0.4 is 5.32 Å². The third-order valence-corrected chi connectivity index (χ3v) is 8.91. The monoisotopic (exact) mass is 455 g/mol. The van der Waals surface area contributed by atoms with Crippen LogP contribution in [0.1, 0.15) is 30.5 Å². The van der Waals surface area contributed by atoms with Gasteiger partial charge in [0, 0.05) is 26.6 Å². The van der Waals surface area contributed by atoms with E-state index in [9.17, 15) is 0 Å². The minimum atomic E-state index is 0.00324. The molecule has 1 heterocycles. The lowest BCUT2D eigenvalue weighted by atomic mass is 9.82. The summed E-state index contributed by atoms with van der Waals surface area (Å²) in [4.78, 5) is 0. The summed E-state index contributed by atoms with van der Waals surface area (Å²) >= 11 is 1.90. The molecule has 1 aliphatic carbocycles. The number of thiophene rings is 1. The fraction of sp³-hybridized carbons (Fsp3) is 0.125. The van der Waals surface area contributed by atoms with Crippen LogP contribution in [0.3, 0.4) is 0 Å². The zero-order valence-electron chi connectivity index (χ0n) is 19.6. The van der Waals surface area contributed by atoms with Crippen LogP contribution in [0.5, 0.6) is 0 Å². The maximum Gasteiger partial charge on any atom is 0.0590 e. The van der Waals surface area contributed by atoms with E-state index in [0.717, 1.165) is 5.69 Å². The highest BCUT2D eigenvalue weighted by Crippen LogP contribution is 2.50. The van der Waals surface area contributed by atoms with Crippen molar-refractivity contribution in [2.45, 2.75) is 26.2 Å². The molecule has 0 spiro atoms. The molecular weight excluding hydrogens is 430 g/mol. The standard InChI is InChI=1S/C32H25NS/c1-19-17-20-9-4-5-10-22(20)29-25-12-8-14-28(31(25)34-30(19)29)33-21-15-16-24-23-11-6-7-13-26(23)32(2,3)27(24)18-21/h4-18,33H,1-3H3. The number of nitrogens with one attached hydrogen (secondary N) is 1. The van der Waals surface area contributed by atoms with Crippen molar-refractivity contribution in [2.24, 2.45) is 0 Å². The summed E-state index contributed by atoms with van der Waals surface area (Å²) in [5, 5.41) is 9.14. The molecular formula is C32H25NS. The smallest absolute Gasteiger partial charge is 0.0590 e. The van der Waals surface area contributed by atoms with Crippen LogP contribution in [-0.4, -0.2) is 0 Å². The molecule has 5 aromatic carbocycles. The summed E-state index contributed by atoms with van der Waals surface area (Å²) in [6.07, 6.45) is 0. The van der Waals surface area contributed by atoms with Crippen molar-refractivity contribution in [3.05, 3.63) is 108 Å². The quantitative estimate of drug-likeness (QED) is 0.274. The Morgan fingerprint density at radius 3 is 2.35 bits per heavy atom. The first-order chi connectivity index (χ1) is 16.5. The third-order valence-electron chi connectivity index (χ3n) is 7.54. The van der Waals surface area contributed by atoms with Crippen molar-refractivity contribution in [1.29, 1.82) is 0 Å². The Kier molecular flexibility index (Phi) is 4.05. The molecule has 0 fully saturated rings. The number of benzene rings is 5. The summed E-state index contributed by atoms with van der Waals surface area (Å²) in [5.41, 5.74) is 9.19. The van der Waals surface area contributed by atoms with Gasteiger partial charge in [-0.05, 0) is 69.8 Å². The first-order valence-electron chi connectivity index (χ1n) is 11.9. The SMILES string of the molecule is Cc1cc2ccccc2c2c1sc1c(Nc3ccc4c(c3)C(C)(C)c3ccccc3-4)cccc12. The topological polar surface area (TPSA) is 12.0 Å². The van der Waals surface area contributed by atoms with Crippen molar-refractivity contribution in [3.63, 3.8) is 0 Å². The zero-order chi connectivity index (χ0) is 23.0. The molecule has 0 bridgehead atoms. The van der Waals surface area contributed by atoms with Crippen LogP contribution in [0.15, 0.2) is 91.0 Å². The second kappa shape index (κ2) is 6.94. The van der Waals surface area contributed by atoms with Gasteiger partial charge in [0.15, 0.2) is 0 Å². The van der Waals surface area contributed by atoms with Gasteiger partial charge in [0.05, 0.1) is 10.4 Å². The Hall–Kier alpha value is -3.62. The molecule has 1 aliphatic rings. The largest absolute Gasteiger partial charge is 0.354 e. The average Bonchev–Trinajstić information content (AvgIpc) is 3.35. The molecule has 0 unspecified atom stereocenters. The van der Waals surface area contributed by atoms with E-state index in [-0.39, 0.29) is 5.41 Å². The van der Waals surface area contributed by atoms with E-state index in [1.807, 2.05) is 11.3 Å². The zero-order valence-corrected chi connectivity index (χ0v) is 20.4. The molecule has 0 saturated carbocycles. The van der Waals surface area contributed by atoms with Gasteiger partial charge in [-0.25, -0.2) is 0 Å². The van der Waals surface area contributed by atoms with Gasteiger partial charge in [0.25, 0.3) is 0 Å². The van der Waals surface area contributed by atoms with E-state index in [4.69, 9.17) is 0 Å². The maximum atomic E-state index is 3.78. The molecule has 0 radical (unpaired) electrons. The summed E-state index contributed by atoms with van der Waals surface area (Å²) < 4.78 is 2.70. The summed E-state index contributed by atoms with van der Waals surface area (Å²) in [6, 6.07) is 33.4. The second-order valence-corrected chi connectivity index (χ2v) is 11.0. The van der Waals surface area contributed by atoms with Gasteiger partial charge in [0.1, 0.15) is 0 Å². The van der Waals surface area contributed by atoms with Crippen LogP contribution >= 0.6 is 11.3 Å². The van der Waals surface area contributed by atoms with Crippen molar-refractivity contribution in [1.82, 2.24) is 0 Å². The predicted molar refractivity (Wildman–Crippen MR) is 149 cm³/mol. The highest BCUT2D eigenvalue weighted by molar-refractivity contribution is 7.26. The van der Waals surface area contributed by atoms with Gasteiger partial charge in [-0.3, -0.25) is 0 Å². The van der Waals surface area contributed by atoms with Gasteiger partial charge in [-0.2, -0.15) is 0 Å². The second-order valence-electron chi connectivity index (χ2n) is 9.96. The van der Waals surface area contributed by atoms with Gasteiger partial charge in [-0.1, -0.05) is 80.6 Å². The first kappa shape index (κ1) is 19.8. The highest BCUT2D eigenvalue weighted by atomic mass is 32.1. The van der Waals surface area contributed by atoms with Crippen LogP contribution in [0.2, 0.25) is 0 Å². The Bertz CT molecular complexity index is 1770. The molecule has 2 heteroatoms. The van der Waals surface area contributed by atoms with Crippen LogP contribution in [0, 0.1) is 6.92 Å². The number of fused-ring (bicyclic) bond motifs is 8. The van der Waals surface area contributed by atoms with E-state index in [1.54, 1.807) is 0 Å². The molecule has 0 aliphatic heterocycles. The fourth-order valence-corrected chi connectivity index (χ4v) is 7.10. The lowest BCUT2D eigenvalue weighted by Gasteiger charge is -2.22. The first-order valence-corrected chi connectivity index (χ1v) is 12.7. The van der Waals surface area contributed by atoms with Crippen LogP contribution in [-0.2, 0) is 5.41 Å². The van der Waals surface area contributed by atoms with Crippen LogP contribution in [0.25, 0.3) is 42.1 Å². The molecule has 0 amide bonds. The van der Waals surface area contributed by atoms with Crippen molar-refractivity contribution in [2.75, 3.05) is 5.32 Å². The van der Waals surface area contributed by atoms with E-state index < -0.39 is 0 Å². The summed E-state index contributed by atoms with van der Waals surface area (Å²) in [5.74, 6) is 0. The molecule has 0 saturated heterocycles. The lowest BCUT2D eigenvalue weighted by Crippen LogP contribution is -2.15. The molecule has 1 nitrogen and oxygen atoms in total. The molecule has 1 N–H and O–H groups in total.